The molecule has 6 rings (SSSR count). The number of hydrogen-bond acceptors (Lipinski definition) is 3. The molecule has 0 bridgehead atoms. The number of anilines is 1. The summed E-state index contributed by atoms with van der Waals surface area (Å²) in [7, 11) is 2.13. The number of nitrogens with zero attached hydrogens (tertiary/aromatic N) is 3. The number of fused-ring (bicyclic) bond motifs is 3. The first-order chi connectivity index (χ1) is 18.7. The first-order valence-corrected chi connectivity index (χ1v) is 13.3. The van der Waals surface area contributed by atoms with E-state index in [2.05, 4.69) is 116 Å². The van der Waals surface area contributed by atoms with Gasteiger partial charge in [0.05, 0.1) is 28.7 Å². The Morgan fingerprint density at radius 3 is 1.97 bits per heavy atom. The van der Waals surface area contributed by atoms with E-state index < -0.39 is 0 Å². The highest BCUT2D eigenvalue weighted by atomic mass is 15.4. The van der Waals surface area contributed by atoms with E-state index in [9.17, 15) is 10.7 Å². The fourth-order valence-corrected chi connectivity index (χ4v) is 6.80. The number of amidine groups is 1. The summed E-state index contributed by atoms with van der Waals surface area (Å²) in [6.07, 6.45) is -0.310. The van der Waals surface area contributed by atoms with Gasteiger partial charge in [0.25, 0.3) is 0 Å². The van der Waals surface area contributed by atoms with Gasteiger partial charge in [-0.1, -0.05) is 91.5 Å². The molecule has 192 valence electrons. The van der Waals surface area contributed by atoms with Crippen molar-refractivity contribution in [1.82, 2.24) is 4.90 Å². The zero-order valence-electron chi connectivity index (χ0n) is 22.9. The van der Waals surface area contributed by atoms with Gasteiger partial charge in [0, 0.05) is 16.5 Å². The maximum atomic E-state index is 9.85. The summed E-state index contributed by atoms with van der Waals surface area (Å²) in [6, 6.07) is 35.5. The van der Waals surface area contributed by atoms with Gasteiger partial charge in [-0.15, -0.1) is 0 Å². The fourth-order valence-electron chi connectivity index (χ4n) is 6.80. The van der Waals surface area contributed by atoms with Gasteiger partial charge in [0.15, 0.2) is 0 Å². The van der Waals surface area contributed by atoms with E-state index in [1.165, 1.54) is 5.56 Å². The molecule has 4 heteroatoms. The summed E-state index contributed by atoms with van der Waals surface area (Å²) >= 11 is 0. The van der Waals surface area contributed by atoms with E-state index in [-0.39, 0.29) is 17.1 Å². The lowest BCUT2D eigenvalue weighted by Gasteiger charge is -2.48. The lowest BCUT2D eigenvalue weighted by atomic mass is 9.81. The van der Waals surface area contributed by atoms with Gasteiger partial charge in [-0.3, -0.25) is 10.3 Å². The Morgan fingerprint density at radius 1 is 0.897 bits per heavy atom. The number of nitriles is 1. The Bertz CT molecular complexity index is 1610. The monoisotopic (exact) mass is 508 g/mol. The largest absolute Gasteiger partial charge is 0.309 e. The summed E-state index contributed by atoms with van der Waals surface area (Å²) in [5.74, 6) is 0.430. The molecule has 4 aromatic rings. The van der Waals surface area contributed by atoms with Gasteiger partial charge in [-0.05, 0) is 67.8 Å². The first-order valence-electron chi connectivity index (χ1n) is 13.3. The van der Waals surface area contributed by atoms with Crippen molar-refractivity contribution >= 4 is 11.5 Å². The lowest BCUT2D eigenvalue weighted by molar-refractivity contribution is 0.142. The van der Waals surface area contributed by atoms with Crippen molar-refractivity contribution in [3.05, 3.63) is 126 Å². The van der Waals surface area contributed by atoms with Gasteiger partial charge in [-0.2, -0.15) is 5.26 Å². The van der Waals surface area contributed by atoms with E-state index >= 15 is 0 Å². The number of nitrogens with one attached hydrogen (secondary N) is 1. The van der Waals surface area contributed by atoms with Gasteiger partial charge >= 0.3 is 0 Å². The number of benzene rings is 4. The molecule has 1 N–H and O–H groups in total. The maximum absolute atomic E-state index is 9.85. The molecule has 1 aliphatic carbocycles. The van der Waals surface area contributed by atoms with E-state index in [0.717, 1.165) is 39.1 Å². The quantitative estimate of drug-likeness (QED) is 0.173. The molecular weight excluding hydrogens is 476 g/mol. The van der Waals surface area contributed by atoms with Crippen molar-refractivity contribution in [2.45, 2.75) is 37.9 Å². The molecular formula is C35H32N4. The second-order valence-electron chi connectivity index (χ2n) is 11.0. The van der Waals surface area contributed by atoms with Crippen LogP contribution in [0.2, 0.25) is 0 Å². The molecule has 3 atom stereocenters. The minimum absolute atomic E-state index is 0.218. The van der Waals surface area contributed by atoms with Crippen LogP contribution in [0.1, 0.15) is 43.6 Å². The summed E-state index contributed by atoms with van der Waals surface area (Å²) in [4.78, 5) is 4.51. The molecule has 0 saturated heterocycles. The third-order valence-electron chi connectivity index (χ3n) is 9.22. The molecule has 0 radical (unpaired) electrons. The molecule has 4 nitrogen and oxygen atoms in total. The van der Waals surface area contributed by atoms with Crippen molar-refractivity contribution in [3.63, 3.8) is 0 Å². The summed E-state index contributed by atoms with van der Waals surface area (Å²) in [6.45, 7) is 10.9. The van der Waals surface area contributed by atoms with Crippen LogP contribution in [-0.4, -0.2) is 23.3 Å². The van der Waals surface area contributed by atoms with E-state index in [0.29, 0.717) is 11.4 Å². The van der Waals surface area contributed by atoms with Crippen LogP contribution in [0, 0.1) is 16.7 Å². The second-order valence-corrected chi connectivity index (χ2v) is 11.0. The highest BCUT2D eigenvalue weighted by Crippen LogP contribution is 2.70. The molecule has 1 fully saturated rings. The second kappa shape index (κ2) is 8.80. The number of likely N-dealkylation sites (N-methyl/N-ethyl adjacent to an activating group) is 1. The van der Waals surface area contributed by atoms with Crippen LogP contribution in [0.15, 0.2) is 109 Å². The summed E-state index contributed by atoms with van der Waals surface area (Å²) < 4.78 is 0. The molecule has 2 aliphatic rings. The average molecular weight is 509 g/mol. The Kier molecular flexibility index (Phi) is 5.61. The van der Waals surface area contributed by atoms with Crippen molar-refractivity contribution in [1.29, 1.82) is 10.7 Å². The molecule has 0 amide bonds. The van der Waals surface area contributed by atoms with Crippen LogP contribution >= 0.6 is 0 Å². The molecule has 3 unspecified atom stereocenters. The van der Waals surface area contributed by atoms with Crippen LogP contribution in [0.3, 0.4) is 0 Å². The van der Waals surface area contributed by atoms with E-state index in [1.54, 1.807) is 0 Å². The summed E-state index contributed by atoms with van der Waals surface area (Å²) in [5, 5.41) is 19.1. The fraction of sp³-hybridized carbons (Fsp3) is 0.200. The Balaban J connectivity index is 1.68. The smallest absolute Gasteiger partial charge is 0.115 e. The molecule has 4 aromatic carbocycles. The Hall–Kier alpha value is -4.46. The minimum atomic E-state index is -0.310. The number of hydrogen-bond donors (Lipinski definition) is 1. The zero-order chi connectivity index (χ0) is 27.5. The molecule has 0 aromatic heterocycles. The van der Waals surface area contributed by atoms with Gasteiger partial charge in [0.2, 0.25) is 0 Å². The van der Waals surface area contributed by atoms with Crippen molar-refractivity contribution in [3.8, 4) is 28.3 Å². The van der Waals surface area contributed by atoms with E-state index in [4.69, 9.17) is 0 Å². The van der Waals surface area contributed by atoms with Gasteiger partial charge < -0.3 is 4.90 Å². The normalized spacial score (nSPS) is 23.4. The minimum Gasteiger partial charge on any atom is -0.309 e. The maximum Gasteiger partial charge on any atom is 0.115 e. The van der Waals surface area contributed by atoms with Crippen molar-refractivity contribution in [2.24, 2.45) is 0 Å². The van der Waals surface area contributed by atoms with Crippen LogP contribution < -0.4 is 4.90 Å². The Morgan fingerprint density at radius 2 is 1.46 bits per heavy atom. The predicted octanol–water partition coefficient (Wildman–Crippen LogP) is 7.93. The third-order valence-corrected chi connectivity index (χ3v) is 9.22. The molecule has 1 saturated carbocycles. The van der Waals surface area contributed by atoms with Crippen LogP contribution in [0.5, 0.6) is 0 Å². The first kappa shape index (κ1) is 24.9. The highest BCUT2D eigenvalue weighted by molar-refractivity contribution is 6.04. The molecule has 1 heterocycles. The van der Waals surface area contributed by atoms with Crippen LogP contribution in [0.4, 0.5) is 5.69 Å². The molecule has 1 aliphatic heterocycles. The predicted molar refractivity (Wildman–Crippen MR) is 160 cm³/mol. The van der Waals surface area contributed by atoms with Crippen LogP contribution in [0.25, 0.3) is 22.3 Å². The van der Waals surface area contributed by atoms with Crippen molar-refractivity contribution in [2.75, 3.05) is 11.9 Å². The average Bonchev–Trinajstić information content (AvgIpc) is 3.43. The lowest BCUT2D eigenvalue weighted by Crippen LogP contribution is -2.52. The third kappa shape index (κ3) is 3.37. The topological polar surface area (TPSA) is 54.1 Å². The zero-order valence-corrected chi connectivity index (χ0v) is 22.9. The number of rotatable bonds is 4. The van der Waals surface area contributed by atoms with E-state index in [1.807, 2.05) is 31.2 Å². The Labute approximate surface area is 231 Å². The SMILES string of the molecule is C=C1C2(C)c3ccc(C#N)cc3C(N(C(C)=N)c3c(-c4ccccc4)cccc3-c3ccccc3)N(C)C12C. The standard InChI is InChI=1S/C35H32N4/c1-23-34(3)31-20-19-25(22-36)21-30(31)33(38(5)35(23,34)4)39(24(2)37)32-28(26-13-8-6-9-14-26)17-12-18-29(32)27-15-10-7-11-16-27/h6-21,33,37H,1H2,2-5H3. The van der Waals surface area contributed by atoms with Crippen LogP contribution in [-0.2, 0) is 5.41 Å². The molecule has 0 spiro atoms. The van der Waals surface area contributed by atoms with Gasteiger partial charge in [-0.25, -0.2) is 0 Å². The summed E-state index contributed by atoms with van der Waals surface area (Å²) in [5.41, 5.74) is 8.79. The van der Waals surface area contributed by atoms with Crippen molar-refractivity contribution < 1.29 is 0 Å². The number of para-hydroxylation sites is 1. The highest BCUT2D eigenvalue weighted by Gasteiger charge is 2.72. The van der Waals surface area contributed by atoms with Gasteiger partial charge in [0.1, 0.15) is 6.17 Å². The molecule has 39 heavy (non-hydrogen) atoms.